The van der Waals surface area contributed by atoms with Gasteiger partial charge in [-0.15, -0.1) is 0 Å². The number of allylic oxidation sites excluding steroid dienone is 1. The molecule has 33 heavy (non-hydrogen) atoms. The van der Waals surface area contributed by atoms with Gasteiger partial charge in [-0.25, -0.2) is 9.37 Å². The zero-order valence-electron chi connectivity index (χ0n) is 18.3. The number of hydrogen-bond donors (Lipinski definition) is 1. The van der Waals surface area contributed by atoms with Crippen LogP contribution in [-0.2, 0) is 6.54 Å². The summed E-state index contributed by atoms with van der Waals surface area (Å²) in [6.07, 6.45) is 3.33. The number of carbonyl (C=O) groups is 1. The monoisotopic (exact) mass is 445 g/mol. The number of carbonyl (C=O) groups excluding carboxylic acids is 1. The van der Waals surface area contributed by atoms with Gasteiger partial charge in [0.25, 0.3) is 0 Å². The fourth-order valence-corrected chi connectivity index (χ4v) is 4.38. The molecule has 1 aromatic heterocycles. The zero-order valence-corrected chi connectivity index (χ0v) is 18.3. The van der Waals surface area contributed by atoms with Crippen LogP contribution in [-0.4, -0.2) is 47.0 Å². The van der Waals surface area contributed by atoms with Crippen LogP contribution < -0.4 is 9.64 Å². The molecule has 168 valence electrons. The lowest BCUT2D eigenvalue weighted by atomic mass is 9.99. The molecule has 1 N–H and O–H groups in total. The summed E-state index contributed by atoms with van der Waals surface area (Å²) in [5.41, 5.74) is 2.24. The minimum Gasteiger partial charge on any atom is -0.507 e. The van der Waals surface area contributed by atoms with E-state index in [1.807, 2.05) is 18.2 Å². The van der Waals surface area contributed by atoms with Crippen LogP contribution in [0.5, 0.6) is 11.5 Å². The Hall–Kier alpha value is -3.71. The number of aromatic hydroxyl groups is 1. The highest BCUT2D eigenvalue weighted by atomic mass is 19.1. The van der Waals surface area contributed by atoms with E-state index in [4.69, 9.17) is 4.74 Å². The third-order valence-electron chi connectivity index (χ3n) is 6.09. The average Bonchev–Trinajstić information content (AvgIpc) is 3.14. The summed E-state index contributed by atoms with van der Waals surface area (Å²) < 4.78 is 19.5. The van der Waals surface area contributed by atoms with Gasteiger partial charge < -0.3 is 14.7 Å². The molecule has 0 aliphatic carbocycles. The van der Waals surface area contributed by atoms with Crippen molar-refractivity contribution in [2.45, 2.75) is 13.5 Å². The standard InChI is InChI=1S/C26H24FN3O3/c1-17-13-21(31)20(16-29-9-11-30(12-10-29)23-7-2-3-8-28-23)26-24(17)25(32)22(33-26)15-18-5-4-6-19(27)14-18/h2-8,13-15,31H,9-12,16H2,1H3/b22-15-. The number of aromatic nitrogens is 1. The number of hydrogen-bond acceptors (Lipinski definition) is 6. The molecule has 1 fully saturated rings. The second-order valence-electron chi connectivity index (χ2n) is 8.34. The predicted molar refractivity (Wildman–Crippen MR) is 124 cm³/mol. The van der Waals surface area contributed by atoms with Gasteiger partial charge in [-0.3, -0.25) is 9.69 Å². The molecule has 6 nitrogen and oxygen atoms in total. The highest BCUT2D eigenvalue weighted by Crippen LogP contribution is 2.42. The first kappa shape index (κ1) is 21.2. The summed E-state index contributed by atoms with van der Waals surface area (Å²) in [6, 6.07) is 13.5. The van der Waals surface area contributed by atoms with Crippen LogP contribution in [0.2, 0.25) is 0 Å². The number of phenolic OH excluding ortho intramolecular Hbond substituents is 1. The first-order valence-electron chi connectivity index (χ1n) is 10.9. The van der Waals surface area contributed by atoms with Crippen molar-refractivity contribution in [1.82, 2.24) is 9.88 Å². The first-order chi connectivity index (χ1) is 16.0. The van der Waals surface area contributed by atoms with Crippen LogP contribution in [0.4, 0.5) is 10.2 Å². The van der Waals surface area contributed by atoms with Crippen molar-refractivity contribution in [2.24, 2.45) is 0 Å². The van der Waals surface area contributed by atoms with Crippen molar-refractivity contribution < 1.29 is 19.0 Å². The molecule has 0 amide bonds. The number of ketones is 1. The lowest BCUT2D eigenvalue weighted by molar-refractivity contribution is 0.101. The molecule has 0 atom stereocenters. The number of phenols is 1. The van der Waals surface area contributed by atoms with Gasteiger partial charge >= 0.3 is 0 Å². The molecule has 2 aliphatic rings. The third-order valence-corrected chi connectivity index (χ3v) is 6.09. The van der Waals surface area contributed by atoms with Crippen LogP contribution in [0.1, 0.15) is 27.0 Å². The molecular formula is C26H24FN3O3. The van der Waals surface area contributed by atoms with Gasteiger partial charge in [0, 0.05) is 38.9 Å². The number of ether oxygens (including phenoxy) is 1. The number of halogens is 1. The average molecular weight is 445 g/mol. The molecular weight excluding hydrogens is 421 g/mol. The van der Waals surface area contributed by atoms with Gasteiger partial charge in [0.2, 0.25) is 5.78 Å². The van der Waals surface area contributed by atoms with E-state index in [-0.39, 0.29) is 23.1 Å². The fourth-order valence-electron chi connectivity index (χ4n) is 4.38. The van der Waals surface area contributed by atoms with Crippen molar-refractivity contribution in [1.29, 1.82) is 0 Å². The molecule has 2 aliphatic heterocycles. The van der Waals surface area contributed by atoms with E-state index in [0.717, 1.165) is 32.0 Å². The van der Waals surface area contributed by atoms with Gasteiger partial charge in [0.15, 0.2) is 5.76 Å². The Kier molecular flexibility index (Phi) is 5.56. The number of nitrogens with zero attached hydrogens (tertiary/aromatic N) is 3. The molecule has 0 radical (unpaired) electrons. The van der Waals surface area contributed by atoms with Crippen molar-refractivity contribution in [3.8, 4) is 11.5 Å². The van der Waals surface area contributed by atoms with Crippen LogP contribution in [0.3, 0.4) is 0 Å². The Morgan fingerprint density at radius 3 is 2.67 bits per heavy atom. The normalized spacial score (nSPS) is 17.3. The van der Waals surface area contributed by atoms with Crippen LogP contribution in [0.25, 0.3) is 6.08 Å². The summed E-state index contributed by atoms with van der Waals surface area (Å²) >= 11 is 0. The SMILES string of the molecule is Cc1cc(O)c(CN2CCN(c3ccccn3)CC2)c2c1C(=O)/C(=C/c1cccc(F)c1)O2. The molecule has 1 saturated heterocycles. The molecule has 0 spiro atoms. The number of pyridine rings is 1. The van der Waals surface area contributed by atoms with Gasteiger partial charge in [-0.2, -0.15) is 0 Å². The predicted octanol–water partition coefficient (Wildman–Crippen LogP) is 4.17. The van der Waals surface area contributed by atoms with E-state index in [9.17, 15) is 14.3 Å². The van der Waals surface area contributed by atoms with Crippen molar-refractivity contribution >= 4 is 17.7 Å². The van der Waals surface area contributed by atoms with E-state index in [2.05, 4.69) is 14.8 Å². The van der Waals surface area contributed by atoms with E-state index in [0.29, 0.717) is 34.5 Å². The number of aryl methyl sites for hydroxylation is 1. The lowest BCUT2D eigenvalue weighted by Crippen LogP contribution is -2.46. The van der Waals surface area contributed by atoms with E-state index in [1.54, 1.807) is 31.3 Å². The maximum Gasteiger partial charge on any atom is 0.232 e. The smallest absolute Gasteiger partial charge is 0.232 e. The molecule has 2 aromatic carbocycles. The number of piperazine rings is 1. The zero-order chi connectivity index (χ0) is 22.9. The highest BCUT2D eigenvalue weighted by Gasteiger charge is 2.34. The molecule has 7 heteroatoms. The molecule has 0 saturated carbocycles. The van der Waals surface area contributed by atoms with Gasteiger partial charge in [0.05, 0.1) is 11.1 Å². The minimum absolute atomic E-state index is 0.109. The lowest BCUT2D eigenvalue weighted by Gasteiger charge is -2.35. The number of Topliss-reactive ketones (excluding diaryl/α,β-unsaturated/α-hetero) is 1. The molecule has 0 bridgehead atoms. The third kappa shape index (κ3) is 4.19. The maximum atomic E-state index is 13.6. The summed E-state index contributed by atoms with van der Waals surface area (Å²) in [5, 5.41) is 10.7. The molecule has 3 heterocycles. The van der Waals surface area contributed by atoms with E-state index in [1.165, 1.54) is 18.2 Å². The Bertz CT molecular complexity index is 1240. The van der Waals surface area contributed by atoms with Gasteiger partial charge in [-0.1, -0.05) is 18.2 Å². The maximum absolute atomic E-state index is 13.6. The number of fused-ring (bicyclic) bond motifs is 1. The number of benzene rings is 2. The Morgan fingerprint density at radius 2 is 1.94 bits per heavy atom. The molecule has 3 aromatic rings. The summed E-state index contributed by atoms with van der Waals surface area (Å²) in [4.78, 5) is 21.9. The first-order valence-corrected chi connectivity index (χ1v) is 10.9. The summed E-state index contributed by atoms with van der Waals surface area (Å²) in [6.45, 7) is 5.45. The van der Waals surface area contributed by atoms with Crippen molar-refractivity contribution in [2.75, 3.05) is 31.1 Å². The number of anilines is 1. The van der Waals surface area contributed by atoms with Crippen molar-refractivity contribution in [3.05, 3.63) is 88.6 Å². The Balaban J connectivity index is 1.37. The fraction of sp³-hybridized carbons (Fsp3) is 0.231. The second kappa shape index (κ2) is 8.67. The Morgan fingerprint density at radius 1 is 1.12 bits per heavy atom. The quantitative estimate of drug-likeness (QED) is 0.608. The molecule has 0 unspecified atom stereocenters. The Labute approximate surface area is 191 Å². The van der Waals surface area contributed by atoms with Gasteiger partial charge in [-0.05, 0) is 54.5 Å². The minimum atomic E-state index is -0.383. The molecule has 5 rings (SSSR count). The van der Waals surface area contributed by atoms with Crippen LogP contribution in [0.15, 0.2) is 60.5 Å². The van der Waals surface area contributed by atoms with E-state index >= 15 is 0 Å². The van der Waals surface area contributed by atoms with Gasteiger partial charge in [0.1, 0.15) is 23.1 Å². The highest BCUT2D eigenvalue weighted by molar-refractivity contribution is 6.15. The van der Waals surface area contributed by atoms with Crippen molar-refractivity contribution in [3.63, 3.8) is 0 Å². The largest absolute Gasteiger partial charge is 0.507 e. The summed E-state index contributed by atoms with van der Waals surface area (Å²) in [7, 11) is 0. The van der Waals surface area contributed by atoms with Crippen LogP contribution in [0, 0.1) is 12.7 Å². The topological polar surface area (TPSA) is 65.9 Å². The second-order valence-corrected chi connectivity index (χ2v) is 8.34. The van der Waals surface area contributed by atoms with E-state index < -0.39 is 0 Å². The summed E-state index contributed by atoms with van der Waals surface area (Å²) in [5.74, 6) is 0.952. The number of rotatable bonds is 4. The van der Waals surface area contributed by atoms with Crippen LogP contribution >= 0.6 is 0 Å².